The van der Waals surface area contributed by atoms with Crippen molar-refractivity contribution < 1.29 is 19.4 Å². The molecular formula is C17H18O4. The molecule has 21 heavy (non-hydrogen) atoms. The first-order chi connectivity index (χ1) is 10.2. The van der Waals surface area contributed by atoms with E-state index in [1.165, 1.54) is 7.11 Å². The summed E-state index contributed by atoms with van der Waals surface area (Å²) in [5, 5.41) is 9.17. The molecular weight excluding hydrogens is 268 g/mol. The number of methoxy groups -OCH3 is 1. The second-order valence-electron chi connectivity index (χ2n) is 4.59. The molecule has 2 aromatic carbocycles. The highest BCUT2D eigenvalue weighted by Crippen LogP contribution is 2.23. The van der Waals surface area contributed by atoms with Crippen molar-refractivity contribution in [2.24, 2.45) is 0 Å². The van der Waals surface area contributed by atoms with Crippen LogP contribution in [-0.4, -0.2) is 18.2 Å². The highest BCUT2D eigenvalue weighted by molar-refractivity contribution is 5.91. The Bertz CT molecular complexity index is 634. The molecule has 2 aromatic rings. The topological polar surface area (TPSA) is 55.8 Å². The first kappa shape index (κ1) is 14.9. The van der Waals surface area contributed by atoms with Gasteiger partial charge in [-0.05, 0) is 35.7 Å². The number of aryl methyl sites for hydroxylation is 1. The average molecular weight is 286 g/mol. The van der Waals surface area contributed by atoms with Gasteiger partial charge in [-0.1, -0.05) is 31.2 Å². The van der Waals surface area contributed by atoms with Gasteiger partial charge in [0, 0.05) is 0 Å². The van der Waals surface area contributed by atoms with Crippen LogP contribution in [0.2, 0.25) is 0 Å². The molecule has 0 saturated heterocycles. The van der Waals surface area contributed by atoms with Gasteiger partial charge in [0.1, 0.15) is 23.7 Å². The van der Waals surface area contributed by atoms with Crippen molar-refractivity contribution in [2.75, 3.05) is 7.11 Å². The van der Waals surface area contributed by atoms with Crippen molar-refractivity contribution >= 4 is 5.97 Å². The molecule has 1 N–H and O–H groups in total. The van der Waals surface area contributed by atoms with Crippen LogP contribution in [0.4, 0.5) is 0 Å². The third-order valence-electron chi connectivity index (χ3n) is 3.24. The van der Waals surface area contributed by atoms with Gasteiger partial charge >= 0.3 is 5.97 Å². The van der Waals surface area contributed by atoms with E-state index in [-0.39, 0.29) is 5.56 Å². The van der Waals surface area contributed by atoms with Gasteiger partial charge in [-0.25, -0.2) is 4.79 Å². The van der Waals surface area contributed by atoms with Crippen molar-refractivity contribution in [1.82, 2.24) is 0 Å². The van der Waals surface area contributed by atoms with Crippen LogP contribution < -0.4 is 9.47 Å². The highest BCUT2D eigenvalue weighted by atomic mass is 16.5. The lowest BCUT2D eigenvalue weighted by Crippen LogP contribution is -2.04. The van der Waals surface area contributed by atoms with Crippen LogP contribution >= 0.6 is 0 Å². The third-order valence-corrected chi connectivity index (χ3v) is 3.24. The first-order valence-electron chi connectivity index (χ1n) is 6.76. The van der Waals surface area contributed by atoms with E-state index in [0.29, 0.717) is 12.4 Å². The number of ether oxygens (including phenoxy) is 2. The molecule has 0 spiro atoms. The van der Waals surface area contributed by atoms with Gasteiger partial charge in [0.15, 0.2) is 0 Å². The molecule has 0 bridgehead atoms. The normalized spacial score (nSPS) is 10.2. The molecule has 2 rings (SSSR count). The second kappa shape index (κ2) is 6.79. The van der Waals surface area contributed by atoms with Gasteiger partial charge in [0.25, 0.3) is 0 Å². The predicted octanol–water partition coefficient (Wildman–Crippen LogP) is 3.53. The summed E-state index contributed by atoms with van der Waals surface area (Å²) in [6, 6.07) is 12.9. The summed E-state index contributed by atoms with van der Waals surface area (Å²) >= 11 is 0. The smallest absolute Gasteiger partial charge is 0.339 e. The Kier molecular flexibility index (Phi) is 4.82. The Balaban J connectivity index is 2.17. The van der Waals surface area contributed by atoms with E-state index in [2.05, 4.69) is 6.92 Å². The van der Waals surface area contributed by atoms with E-state index in [1.807, 2.05) is 24.3 Å². The zero-order chi connectivity index (χ0) is 15.2. The van der Waals surface area contributed by atoms with Crippen molar-refractivity contribution in [3.8, 4) is 11.5 Å². The Morgan fingerprint density at radius 2 is 1.90 bits per heavy atom. The van der Waals surface area contributed by atoms with Gasteiger partial charge in [-0.15, -0.1) is 0 Å². The molecule has 0 aromatic heterocycles. The summed E-state index contributed by atoms with van der Waals surface area (Å²) in [5.74, 6) is 0.163. The van der Waals surface area contributed by atoms with E-state index in [4.69, 9.17) is 14.6 Å². The molecule has 0 fully saturated rings. The predicted molar refractivity (Wildman–Crippen MR) is 80.1 cm³/mol. The Labute approximate surface area is 123 Å². The van der Waals surface area contributed by atoms with E-state index < -0.39 is 5.97 Å². The number of carbonyl (C=O) groups is 1. The first-order valence-corrected chi connectivity index (χ1v) is 6.76. The molecule has 0 atom stereocenters. The summed E-state index contributed by atoms with van der Waals surface area (Å²) in [5.41, 5.74) is 2.06. The molecule has 0 amide bonds. The second-order valence-corrected chi connectivity index (χ2v) is 4.59. The van der Waals surface area contributed by atoms with Crippen molar-refractivity contribution in [2.45, 2.75) is 20.0 Å². The molecule has 0 unspecified atom stereocenters. The molecule has 4 heteroatoms. The maximum atomic E-state index is 11.2. The van der Waals surface area contributed by atoms with Crippen LogP contribution in [-0.2, 0) is 13.0 Å². The van der Waals surface area contributed by atoms with Gasteiger partial charge in [0.2, 0.25) is 0 Å². The van der Waals surface area contributed by atoms with Crippen molar-refractivity contribution in [3.05, 3.63) is 59.2 Å². The van der Waals surface area contributed by atoms with Crippen LogP contribution in [0.5, 0.6) is 11.5 Å². The van der Waals surface area contributed by atoms with Gasteiger partial charge in [0.05, 0.1) is 7.11 Å². The molecule has 0 aliphatic rings. The lowest BCUT2D eigenvalue weighted by atomic mass is 10.1. The molecule has 0 heterocycles. The third kappa shape index (κ3) is 3.54. The SMILES string of the molecule is CCc1ccccc1OCc1ccc(OC)c(C(=O)O)c1. The minimum Gasteiger partial charge on any atom is -0.496 e. The number of benzene rings is 2. The zero-order valence-electron chi connectivity index (χ0n) is 12.1. The van der Waals surface area contributed by atoms with Crippen molar-refractivity contribution in [1.29, 1.82) is 0 Å². The van der Waals surface area contributed by atoms with Gasteiger partial charge in [-0.3, -0.25) is 0 Å². The fourth-order valence-corrected chi connectivity index (χ4v) is 2.11. The minimum atomic E-state index is -1.01. The number of carboxylic acids is 1. The van der Waals surface area contributed by atoms with E-state index in [0.717, 1.165) is 23.3 Å². The standard InChI is InChI=1S/C17H18O4/c1-3-13-6-4-5-7-15(13)21-11-12-8-9-16(20-2)14(10-12)17(18)19/h4-10H,3,11H2,1-2H3,(H,18,19). The number of hydrogen-bond acceptors (Lipinski definition) is 3. The molecule has 0 aliphatic heterocycles. The summed E-state index contributed by atoms with van der Waals surface area (Å²) in [7, 11) is 1.45. The number of rotatable bonds is 6. The fourth-order valence-electron chi connectivity index (χ4n) is 2.11. The summed E-state index contributed by atoms with van der Waals surface area (Å²) in [4.78, 5) is 11.2. The molecule has 4 nitrogen and oxygen atoms in total. The van der Waals surface area contributed by atoms with Crippen LogP contribution in [0, 0.1) is 0 Å². The number of para-hydroxylation sites is 1. The molecule has 110 valence electrons. The van der Waals surface area contributed by atoms with Crippen LogP contribution in [0.15, 0.2) is 42.5 Å². The lowest BCUT2D eigenvalue weighted by Gasteiger charge is -2.11. The molecule has 0 saturated carbocycles. The van der Waals surface area contributed by atoms with Crippen LogP contribution in [0.1, 0.15) is 28.4 Å². The van der Waals surface area contributed by atoms with Crippen LogP contribution in [0.25, 0.3) is 0 Å². The zero-order valence-corrected chi connectivity index (χ0v) is 12.1. The minimum absolute atomic E-state index is 0.141. The quantitative estimate of drug-likeness (QED) is 0.882. The summed E-state index contributed by atoms with van der Waals surface area (Å²) in [6.07, 6.45) is 0.888. The van der Waals surface area contributed by atoms with Crippen LogP contribution in [0.3, 0.4) is 0 Å². The van der Waals surface area contributed by atoms with Gasteiger partial charge in [-0.2, -0.15) is 0 Å². The van der Waals surface area contributed by atoms with E-state index in [9.17, 15) is 4.79 Å². The Hall–Kier alpha value is -2.49. The molecule has 0 radical (unpaired) electrons. The fraction of sp³-hybridized carbons (Fsp3) is 0.235. The maximum absolute atomic E-state index is 11.2. The maximum Gasteiger partial charge on any atom is 0.339 e. The lowest BCUT2D eigenvalue weighted by molar-refractivity contribution is 0.0693. The van der Waals surface area contributed by atoms with E-state index >= 15 is 0 Å². The number of hydrogen-bond donors (Lipinski definition) is 1. The van der Waals surface area contributed by atoms with E-state index in [1.54, 1.807) is 18.2 Å². The number of aromatic carboxylic acids is 1. The summed E-state index contributed by atoms with van der Waals surface area (Å²) < 4.78 is 10.8. The monoisotopic (exact) mass is 286 g/mol. The van der Waals surface area contributed by atoms with Gasteiger partial charge < -0.3 is 14.6 Å². The average Bonchev–Trinajstić information content (AvgIpc) is 2.52. The Morgan fingerprint density at radius 3 is 2.57 bits per heavy atom. The molecule has 0 aliphatic carbocycles. The highest BCUT2D eigenvalue weighted by Gasteiger charge is 2.12. The van der Waals surface area contributed by atoms with Crippen molar-refractivity contribution in [3.63, 3.8) is 0 Å². The summed E-state index contributed by atoms with van der Waals surface area (Å²) in [6.45, 7) is 2.39. The number of carboxylic acid groups (broad SMARTS) is 1. The largest absolute Gasteiger partial charge is 0.496 e. The Morgan fingerprint density at radius 1 is 1.14 bits per heavy atom.